The molecule has 0 aliphatic carbocycles. The summed E-state index contributed by atoms with van der Waals surface area (Å²) in [5.41, 5.74) is 1.39. The number of aromatic nitrogens is 2. The summed E-state index contributed by atoms with van der Waals surface area (Å²) < 4.78 is 4.46. The summed E-state index contributed by atoms with van der Waals surface area (Å²) in [7, 11) is 1.26. The van der Waals surface area contributed by atoms with E-state index in [1.807, 2.05) is 6.07 Å². The van der Waals surface area contributed by atoms with Gasteiger partial charge < -0.3 is 9.84 Å². The van der Waals surface area contributed by atoms with Crippen LogP contribution in [0.1, 0.15) is 23.3 Å². The largest absolute Gasteiger partial charge is 0.506 e. The highest BCUT2D eigenvalue weighted by Gasteiger charge is 2.15. The molecule has 0 atom stereocenters. The Hall–Kier alpha value is -2.76. The second kappa shape index (κ2) is 6.60. The van der Waals surface area contributed by atoms with Crippen LogP contribution in [0, 0.1) is 0 Å². The Morgan fingerprint density at radius 3 is 2.67 bits per heavy atom. The molecule has 6 heteroatoms. The van der Waals surface area contributed by atoms with Crippen molar-refractivity contribution >= 4 is 11.8 Å². The van der Waals surface area contributed by atoms with Gasteiger partial charge in [-0.2, -0.15) is 0 Å². The Labute approximate surface area is 121 Å². The number of ether oxygens (including phenoxy) is 1. The van der Waals surface area contributed by atoms with Gasteiger partial charge in [0.15, 0.2) is 5.78 Å². The van der Waals surface area contributed by atoms with Gasteiger partial charge in [-0.1, -0.05) is 6.07 Å². The Bertz CT molecular complexity index is 656. The van der Waals surface area contributed by atoms with Gasteiger partial charge in [0, 0.05) is 36.1 Å². The van der Waals surface area contributed by atoms with Gasteiger partial charge in [-0.05, 0) is 12.1 Å². The van der Waals surface area contributed by atoms with Gasteiger partial charge in [-0.25, -0.2) is 4.98 Å². The molecular formula is C15H14N2O4. The van der Waals surface area contributed by atoms with Crippen LogP contribution in [0.2, 0.25) is 0 Å². The van der Waals surface area contributed by atoms with Gasteiger partial charge >= 0.3 is 5.97 Å². The normalized spacial score (nSPS) is 10.1. The molecule has 0 aliphatic heterocycles. The van der Waals surface area contributed by atoms with E-state index >= 15 is 0 Å². The molecule has 108 valence electrons. The smallest absolute Gasteiger partial charge is 0.305 e. The third-order valence-electron chi connectivity index (χ3n) is 2.91. The molecule has 0 aromatic carbocycles. The fraction of sp³-hybridized carbons (Fsp3) is 0.200. The van der Waals surface area contributed by atoms with E-state index in [2.05, 4.69) is 14.7 Å². The summed E-state index contributed by atoms with van der Waals surface area (Å²) in [5, 5.41) is 9.93. The van der Waals surface area contributed by atoms with Gasteiger partial charge in [0.25, 0.3) is 0 Å². The van der Waals surface area contributed by atoms with Crippen LogP contribution in [0.5, 0.6) is 5.75 Å². The average molecular weight is 286 g/mol. The lowest BCUT2D eigenvalue weighted by molar-refractivity contribution is -0.140. The molecular weight excluding hydrogens is 272 g/mol. The van der Waals surface area contributed by atoms with Crippen LogP contribution in [0.4, 0.5) is 0 Å². The molecule has 2 aromatic rings. The first kappa shape index (κ1) is 14.6. The molecule has 21 heavy (non-hydrogen) atoms. The fourth-order valence-corrected chi connectivity index (χ4v) is 1.80. The minimum Gasteiger partial charge on any atom is -0.506 e. The molecule has 0 radical (unpaired) electrons. The molecule has 1 N–H and O–H groups in total. The molecule has 2 rings (SSSR count). The number of carbonyl (C=O) groups is 2. The van der Waals surface area contributed by atoms with E-state index in [0.29, 0.717) is 5.56 Å². The average Bonchev–Trinajstić information content (AvgIpc) is 2.53. The molecule has 0 aliphatic rings. The number of hydrogen-bond acceptors (Lipinski definition) is 6. The standard InChI is InChI=1S/C15H14N2O4/c1-21-14(20)5-4-12(18)15-13(19)7-11(9-17-15)10-3-2-6-16-8-10/h2-3,6-9,19H,4-5H2,1H3. The van der Waals surface area contributed by atoms with Crippen LogP contribution in [-0.2, 0) is 9.53 Å². The van der Waals surface area contributed by atoms with E-state index < -0.39 is 11.8 Å². The second-order valence-electron chi connectivity index (χ2n) is 4.33. The number of Topliss-reactive ketones (excluding diaryl/α,β-unsaturated/α-hetero) is 1. The van der Waals surface area contributed by atoms with Crippen LogP contribution in [0.3, 0.4) is 0 Å². The molecule has 2 heterocycles. The van der Waals surface area contributed by atoms with Crippen molar-refractivity contribution in [1.82, 2.24) is 9.97 Å². The minimum atomic E-state index is -0.477. The van der Waals surface area contributed by atoms with Crippen molar-refractivity contribution < 1.29 is 19.4 Å². The number of pyridine rings is 2. The highest BCUT2D eigenvalue weighted by Crippen LogP contribution is 2.24. The number of ketones is 1. The highest BCUT2D eigenvalue weighted by molar-refractivity contribution is 5.98. The zero-order valence-electron chi connectivity index (χ0n) is 11.4. The maximum atomic E-state index is 11.9. The second-order valence-corrected chi connectivity index (χ2v) is 4.33. The molecule has 2 aromatic heterocycles. The van der Waals surface area contributed by atoms with Crippen LogP contribution in [0.25, 0.3) is 11.1 Å². The zero-order valence-corrected chi connectivity index (χ0v) is 11.4. The fourth-order valence-electron chi connectivity index (χ4n) is 1.80. The third-order valence-corrected chi connectivity index (χ3v) is 2.91. The molecule has 0 spiro atoms. The molecule has 6 nitrogen and oxygen atoms in total. The van der Waals surface area contributed by atoms with Crippen molar-refractivity contribution in [2.45, 2.75) is 12.8 Å². The van der Waals surface area contributed by atoms with Gasteiger partial charge in [-0.3, -0.25) is 14.6 Å². The maximum Gasteiger partial charge on any atom is 0.305 e. The lowest BCUT2D eigenvalue weighted by atomic mass is 10.1. The Kier molecular flexibility index (Phi) is 4.61. The van der Waals surface area contributed by atoms with Gasteiger partial charge in [0.2, 0.25) is 0 Å². The molecule has 0 amide bonds. The molecule has 0 saturated carbocycles. The van der Waals surface area contributed by atoms with Crippen molar-refractivity contribution in [2.24, 2.45) is 0 Å². The molecule has 0 bridgehead atoms. The molecule has 0 unspecified atom stereocenters. The first-order valence-electron chi connectivity index (χ1n) is 6.31. The highest BCUT2D eigenvalue weighted by atomic mass is 16.5. The number of nitrogens with zero attached hydrogens (tertiary/aromatic N) is 2. The zero-order chi connectivity index (χ0) is 15.2. The monoisotopic (exact) mass is 286 g/mol. The third kappa shape index (κ3) is 3.62. The number of hydrogen-bond donors (Lipinski definition) is 1. The van der Waals surface area contributed by atoms with E-state index in [1.165, 1.54) is 19.4 Å². The number of methoxy groups -OCH3 is 1. The summed E-state index contributed by atoms with van der Waals surface area (Å²) in [6, 6.07) is 5.04. The van der Waals surface area contributed by atoms with Crippen molar-refractivity contribution in [3.63, 3.8) is 0 Å². The quantitative estimate of drug-likeness (QED) is 0.667. The van der Waals surface area contributed by atoms with Gasteiger partial charge in [0.1, 0.15) is 11.4 Å². The van der Waals surface area contributed by atoms with Crippen LogP contribution in [0.15, 0.2) is 36.8 Å². The van der Waals surface area contributed by atoms with Crippen molar-refractivity contribution in [3.05, 3.63) is 42.5 Å². The SMILES string of the molecule is COC(=O)CCC(=O)c1ncc(-c2cccnc2)cc1O. The van der Waals surface area contributed by atoms with E-state index in [9.17, 15) is 14.7 Å². The van der Waals surface area contributed by atoms with E-state index in [-0.39, 0.29) is 24.3 Å². The van der Waals surface area contributed by atoms with Crippen LogP contribution < -0.4 is 0 Å². The van der Waals surface area contributed by atoms with E-state index in [0.717, 1.165) is 5.56 Å². The molecule has 0 fully saturated rings. The minimum absolute atomic E-state index is 0.0409. The summed E-state index contributed by atoms with van der Waals surface area (Å²) in [4.78, 5) is 30.9. The maximum absolute atomic E-state index is 11.9. The lowest BCUT2D eigenvalue weighted by Crippen LogP contribution is -2.07. The lowest BCUT2D eigenvalue weighted by Gasteiger charge is -2.05. The van der Waals surface area contributed by atoms with Gasteiger partial charge in [0.05, 0.1) is 13.5 Å². The van der Waals surface area contributed by atoms with Crippen molar-refractivity contribution in [2.75, 3.05) is 7.11 Å². The topological polar surface area (TPSA) is 89.4 Å². The van der Waals surface area contributed by atoms with Crippen LogP contribution in [-0.4, -0.2) is 33.9 Å². The van der Waals surface area contributed by atoms with Crippen LogP contribution >= 0.6 is 0 Å². The first-order chi connectivity index (χ1) is 10.1. The molecule has 0 saturated heterocycles. The Morgan fingerprint density at radius 1 is 1.24 bits per heavy atom. The summed E-state index contributed by atoms with van der Waals surface area (Å²) in [5.74, 6) is -1.10. The predicted octanol–water partition coefficient (Wildman–Crippen LogP) is 1.99. The summed E-state index contributed by atoms with van der Waals surface area (Å²) in [6.45, 7) is 0. The predicted molar refractivity (Wildman–Crippen MR) is 74.7 cm³/mol. The number of rotatable bonds is 5. The van der Waals surface area contributed by atoms with Crippen molar-refractivity contribution in [3.8, 4) is 16.9 Å². The number of carbonyl (C=O) groups excluding carboxylic acids is 2. The summed E-state index contributed by atoms with van der Waals surface area (Å²) >= 11 is 0. The van der Waals surface area contributed by atoms with Crippen molar-refractivity contribution in [1.29, 1.82) is 0 Å². The van der Waals surface area contributed by atoms with E-state index in [1.54, 1.807) is 18.5 Å². The number of esters is 1. The van der Waals surface area contributed by atoms with E-state index in [4.69, 9.17) is 0 Å². The first-order valence-corrected chi connectivity index (χ1v) is 6.31. The summed E-state index contributed by atoms with van der Waals surface area (Å²) in [6.07, 6.45) is 4.67. The Morgan fingerprint density at radius 2 is 2.05 bits per heavy atom. The van der Waals surface area contributed by atoms with Gasteiger partial charge in [-0.15, -0.1) is 0 Å². The Balaban J connectivity index is 2.16. The number of aromatic hydroxyl groups is 1.